The van der Waals surface area contributed by atoms with Gasteiger partial charge in [0, 0.05) is 11.0 Å². The van der Waals surface area contributed by atoms with Crippen LogP contribution in [0.1, 0.15) is 11.3 Å². The largest absolute Gasteiger partial charge is 0.497 e. The van der Waals surface area contributed by atoms with E-state index in [0.717, 1.165) is 26.0 Å². The van der Waals surface area contributed by atoms with E-state index in [9.17, 15) is 0 Å². The number of hydrogen-bond acceptors (Lipinski definition) is 3. The summed E-state index contributed by atoms with van der Waals surface area (Å²) >= 11 is 12.2. The van der Waals surface area contributed by atoms with E-state index in [0.29, 0.717) is 17.5 Å². The SMILES string of the molecule is COc1ccc(CNC(=S)Nc2nc(C)c(Br)cc2Br)cc1. The van der Waals surface area contributed by atoms with E-state index in [4.69, 9.17) is 17.0 Å². The zero-order valence-electron chi connectivity index (χ0n) is 12.1. The molecular weight excluding hydrogens is 430 g/mol. The van der Waals surface area contributed by atoms with Crippen molar-refractivity contribution in [3.63, 3.8) is 0 Å². The van der Waals surface area contributed by atoms with E-state index in [-0.39, 0.29) is 0 Å². The summed E-state index contributed by atoms with van der Waals surface area (Å²) in [7, 11) is 1.65. The number of hydrogen-bond donors (Lipinski definition) is 2. The zero-order chi connectivity index (χ0) is 16.1. The maximum Gasteiger partial charge on any atom is 0.172 e. The highest BCUT2D eigenvalue weighted by atomic mass is 79.9. The van der Waals surface area contributed by atoms with Crippen molar-refractivity contribution in [1.29, 1.82) is 0 Å². The summed E-state index contributed by atoms with van der Waals surface area (Å²) in [5, 5.41) is 6.76. The molecule has 0 saturated heterocycles. The first-order valence-electron chi connectivity index (χ1n) is 6.50. The van der Waals surface area contributed by atoms with Crippen molar-refractivity contribution >= 4 is 55.0 Å². The molecule has 116 valence electrons. The molecule has 0 amide bonds. The first-order chi connectivity index (χ1) is 10.5. The second kappa shape index (κ2) is 7.89. The fourth-order valence-electron chi connectivity index (χ4n) is 1.72. The Hall–Kier alpha value is -1.18. The number of anilines is 1. The molecule has 0 bridgehead atoms. The fraction of sp³-hybridized carbons (Fsp3) is 0.200. The number of aromatic nitrogens is 1. The quantitative estimate of drug-likeness (QED) is 0.684. The Kier molecular flexibility index (Phi) is 6.16. The van der Waals surface area contributed by atoms with Gasteiger partial charge in [-0.3, -0.25) is 0 Å². The average Bonchev–Trinajstić information content (AvgIpc) is 2.51. The molecule has 0 aliphatic heterocycles. The number of halogens is 2. The molecule has 1 heterocycles. The number of nitrogens with one attached hydrogen (secondary N) is 2. The third-order valence-electron chi connectivity index (χ3n) is 2.95. The van der Waals surface area contributed by atoms with Gasteiger partial charge in [-0.05, 0) is 74.8 Å². The molecular formula is C15H15Br2N3OS. The van der Waals surface area contributed by atoms with Crippen LogP contribution in [0.15, 0.2) is 39.3 Å². The minimum absolute atomic E-state index is 0.519. The van der Waals surface area contributed by atoms with Crippen molar-refractivity contribution in [2.45, 2.75) is 13.5 Å². The molecule has 0 aliphatic carbocycles. The molecule has 0 unspecified atom stereocenters. The second-order valence-electron chi connectivity index (χ2n) is 4.54. The molecule has 1 aromatic heterocycles. The molecule has 0 radical (unpaired) electrons. The van der Waals surface area contributed by atoms with E-state index in [1.807, 2.05) is 37.3 Å². The first-order valence-corrected chi connectivity index (χ1v) is 8.49. The lowest BCUT2D eigenvalue weighted by Gasteiger charge is -2.12. The standard InChI is InChI=1S/C15H15Br2N3OS/c1-9-12(16)7-13(17)14(19-9)20-15(22)18-8-10-3-5-11(21-2)6-4-10/h3-7H,8H2,1-2H3,(H2,18,19,20,22). The van der Waals surface area contributed by atoms with Crippen LogP contribution in [0.5, 0.6) is 5.75 Å². The van der Waals surface area contributed by atoms with Crippen LogP contribution in [0.4, 0.5) is 5.82 Å². The molecule has 7 heteroatoms. The monoisotopic (exact) mass is 443 g/mol. The van der Waals surface area contributed by atoms with Gasteiger partial charge in [0.15, 0.2) is 5.11 Å². The molecule has 22 heavy (non-hydrogen) atoms. The predicted molar refractivity (Wildman–Crippen MR) is 100 cm³/mol. The van der Waals surface area contributed by atoms with Gasteiger partial charge < -0.3 is 15.4 Å². The normalized spacial score (nSPS) is 10.2. The number of aryl methyl sites for hydroxylation is 1. The van der Waals surface area contributed by atoms with Crippen LogP contribution in [-0.2, 0) is 6.54 Å². The lowest BCUT2D eigenvalue weighted by molar-refractivity contribution is 0.414. The Morgan fingerprint density at radius 1 is 1.23 bits per heavy atom. The van der Waals surface area contributed by atoms with Crippen LogP contribution in [0.25, 0.3) is 0 Å². The number of pyridine rings is 1. The molecule has 2 aromatic rings. The van der Waals surface area contributed by atoms with Gasteiger partial charge in [0.2, 0.25) is 0 Å². The molecule has 4 nitrogen and oxygen atoms in total. The maximum absolute atomic E-state index is 5.30. The molecule has 0 fully saturated rings. The molecule has 2 rings (SSSR count). The van der Waals surface area contributed by atoms with Crippen molar-refractivity contribution in [3.8, 4) is 5.75 Å². The van der Waals surface area contributed by atoms with Crippen molar-refractivity contribution in [1.82, 2.24) is 10.3 Å². The molecule has 0 aliphatic rings. The number of ether oxygens (including phenoxy) is 1. The smallest absolute Gasteiger partial charge is 0.172 e. The first kappa shape index (κ1) is 17.2. The Balaban J connectivity index is 1.94. The van der Waals surface area contributed by atoms with Gasteiger partial charge >= 0.3 is 0 Å². The van der Waals surface area contributed by atoms with Crippen LogP contribution in [0.3, 0.4) is 0 Å². The third kappa shape index (κ3) is 4.66. The number of rotatable bonds is 4. The van der Waals surface area contributed by atoms with Crippen LogP contribution in [0, 0.1) is 6.92 Å². The minimum atomic E-state index is 0.519. The minimum Gasteiger partial charge on any atom is -0.497 e. The van der Waals surface area contributed by atoms with E-state index in [2.05, 4.69) is 47.5 Å². The molecule has 0 atom stereocenters. The third-order valence-corrected chi connectivity index (χ3v) is 4.60. The van der Waals surface area contributed by atoms with Crippen molar-refractivity contribution in [3.05, 3.63) is 50.5 Å². The van der Waals surface area contributed by atoms with E-state index >= 15 is 0 Å². The van der Waals surface area contributed by atoms with E-state index in [1.54, 1.807) is 7.11 Å². The summed E-state index contributed by atoms with van der Waals surface area (Å²) in [6, 6.07) is 9.77. The lowest BCUT2D eigenvalue weighted by Crippen LogP contribution is -2.28. The van der Waals surface area contributed by atoms with Gasteiger partial charge in [-0.15, -0.1) is 0 Å². The van der Waals surface area contributed by atoms with Crippen molar-refractivity contribution in [2.75, 3.05) is 12.4 Å². The highest BCUT2D eigenvalue weighted by molar-refractivity contribution is 9.11. The van der Waals surface area contributed by atoms with Gasteiger partial charge in [0.05, 0.1) is 17.3 Å². The molecule has 2 N–H and O–H groups in total. The number of benzene rings is 1. The summed E-state index contributed by atoms with van der Waals surface area (Å²) in [6.45, 7) is 2.55. The van der Waals surface area contributed by atoms with Gasteiger partial charge in [-0.25, -0.2) is 4.98 Å². The topological polar surface area (TPSA) is 46.2 Å². The van der Waals surface area contributed by atoms with Crippen LogP contribution in [0.2, 0.25) is 0 Å². The Bertz CT molecular complexity index is 677. The average molecular weight is 445 g/mol. The van der Waals surface area contributed by atoms with E-state index < -0.39 is 0 Å². The number of thiocarbonyl (C=S) groups is 1. The second-order valence-corrected chi connectivity index (χ2v) is 6.66. The Labute approximate surface area is 151 Å². The summed E-state index contributed by atoms with van der Waals surface area (Å²) in [4.78, 5) is 4.44. The highest BCUT2D eigenvalue weighted by Crippen LogP contribution is 2.26. The molecule has 0 spiro atoms. The molecule has 0 saturated carbocycles. The van der Waals surface area contributed by atoms with Crippen LogP contribution >= 0.6 is 44.1 Å². The van der Waals surface area contributed by atoms with Gasteiger partial charge in [-0.1, -0.05) is 12.1 Å². The van der Waals surface area contributed by atoms with Gasteiger partial charge in [-0.2, -0.15) is 0 Å². The van der Waals surface area contributed by atoms with Gasteiger partial charge in [0.1, 0.15) is 11.6 Å². The van der Waals surface area contributed by atoms with E-state index in [1.165, 1.54) is 0 Å². The summed E-state index contributed by atoms with van der Waals surface area (Å²) in [5.74, 6) is 1.52. The highest BCUT2D eigenvalue weighted by Gasteiger charge is 2.07. The zero-order valence-corrected chi connectivity index (χ0v) is 16.1. The summed E-state index contributed by atoms with van der Waals surface area (Å²) < 4.78 is 6.92. The van der Waals surface area contributed by atoms with Gasteiger partial charge in [0.25, 0.3) is 0 Å². The summed E-state index contributed by atoms with van der Waals surface area (Å²) in [6.07, 6.45) is 0. The lowest BCUT2D eigenvalue weighted by atomic mass is 10.2. The number of methoxy groups -OCH3 is 1. The predicted octanol–water partition coefficient (Wildman–Crippen LogP) is 4.41. The Morgan fingerprint density at radius 2 is 1.91 bits per heavy atom. The van der Waals surface area contributed by atoms with Crippen molar-refractivity contribution < 1.29 is 4.74 Å². The van der Waals surface area contributed by atoms with Crippen LogP contribution < -0.4 is 15.4 Å². The summed E-state index contributed by atoms with van der Waals surface area (Å²) in [5.41, 5.74) is 2.01. The maximum atomic E-state index is 5.30. The fourth-order valence-corrected chi connectivity index (χ4v) is 2.93. The van der Waals surface area contributed by atoms with Crippen LogP contribution in [-0.4, -0.2) is 17.2 Å². The number of nitrogens with zero attached hydrogens (tertiary/aromatic N) is 1. The van der Waals surface area contributed by atoms with Crippen molar-refractivity contribution in [2.24, 2.45) is 0 Å². The molecule has 1 aromatic carbocycles. The Morgan fingerprint density at radius 3 is 2.55 bits per heavy atom.